The molecular formula is C20H26F3NO3. The number of carbonyl (C=O) groups excluding carboxylic acids is 1. The van der Waals surface area contributed by atoms with Crippen LogP contribution in [0.2, 0.25) is 0 Å². The number of nitrogens with zero attached hydrogens (tertiary/aromatic N) is 1. The number of rotatable bonds is 4. The van der Waals surface area contributed by atoms with E-state index in [0.717, 1.165) is 13.3 Å². The number of ether oxygens (including phenoxy) is 1. The molecule has 1 aliphatic heterocycles. The molecule has 4 nitrogen and oxygen atoms in total. The van der Waals surface area contributed by atoms with Crippen molar-refractivity contribution in [1.82, 2.24) is 0 Å². The van der Waals surface area contributed by atoms with Crippen molar-refractivity contribution < 1.29 is 27.8 Å². The van der Waals surface area contributed by atoms with Gasteiger partial charge in [-0.2, -0.15) is 13.2 Å². The molecule has 2 fully saturated rings. The summed E-state index contributed by atoms with van der Waals surface area (Å²) >= 11 is 0. The highest BCUT2D eigenvalue weighted by molar-refractivity contribution is 6.00. The first-order valence-electron chi connectivity index (χ1n) is 9.46. The molecule has 1 atom stereocenters. The minimum absolute atomic E-state index is 0.0537. The Kier molecular flexibility index (Phi) is 5.18. The van der Waals surface area contributed by atoms with Gasteiger partial charge < -0.3 is 14.7 Å². The fourth-order valence-electron chi connectivity index (χ4n) is 4.05. The van der Waals surface area contributed by atoms with Crippen molar-refractivity contribution in [2.75, 3.05) is 11.4 Å². The largest absolute Gasteiger partial charge is 0.481 e. The molecular weight excluding hydrogens is 359 g/mol. The Hall–Kier alpha value is -1.76. The van der Waals surface area contributed by atoms with Gasteiger partial charge in [0.25, 0.3) is 0 Å². The van der Waals surface area contributed by atoms with E-state index in [0.29, 0.717) is 44.3 Å². The van der Waals surface area contributed by atoms with E-state index in [9.17, 15) is 23.1 Å². The molecule has 150 valence electrons. The smallest absolute Gasteiger partial charge is 0.425 e. The predicted molar refractivity (Wildman–Crippen MR) is 95.7 cm³/mol. The van der Waals surface area contributed by atoms with E-state index in [2.05, 4.69) is 0 Å². The molecule has 0 aromatic heterocycles. The van der Waals surface area contributed by atoms with E-state index in [1.165, 1.54) is 12.1 Å². The molecule has 1 N–H and O–H groups in total. The topological polar surface area (TPSA) is 49.8 Å². The van der Waals surface area contributed by atoms with Crippen molar-refractivity contribution in [2.24, 2.45) is 5.41 Å². The number of amides is 1. The van der Waals surface area contributed by atoms with E-state index in [-0.39, 0.29) is 11.7 Å². The molecule has 7 heteroatoms. The van der Waals surface area contributed by atoms with Gasteiger partial charge in [-0.1, -0.05) is 6.92 Å². The van der Waals surface area contributed by atoms with Gasteiger partial charge in [0.05, 0.1) is 11.0 Å². The SMILES string of the molecule is CCC1(O)CCC2(CCN(c3ccc(O[C@@H](C)C(F)(F)F)cc3)C2=O)CC1. The van der Waals surface area contributed by atoms with Crippen LogP contribution >= 0.6 is 0 Å². The minimum atomic E-state index is -4.42. The molecule has 1 aliphatic carbocycles. The van der Waals surface area contributed by atoms with Crippen LogP contribution in [0.25, 0.3) is 0 Å². The van der Waals surface area contributed by atoms with E-state index < -0.39 is 23.3 Å². The first kappa shape index (κ1) is 20.0. The van der Waals surface area contributed by atoms with Gasteiger partial charge in [0, 0.05) is 12.2 Å². The summed E-state index contributed by atoms with van der Waals surface area (Å²) in [5, 5.41) is 10.4. The average molecular weight is 385 g/mol. The van der Waals surface area contributed by atoms with Crippen molar-refractivity contribution in [3.05, 3.63) is 24.3 Å². The van der Waals surface area contributed by atoms with Crippen LogP contribution in [0.3, 0.4) is 0 Å². The van der Waals surface area contributed by atoms with Crippen molar-refractivity contribution >= 4 is 11.6 Å². The predicted octanol–water partition coefficient (Wildman–Crippen LogP) is 4.45. The van der Waals surface area contributed by atoms with Crippen molar-refractivity contribution in [1.29, 1.82) is 0 Å². The third kappa shape index (κ3) is 3.93. The zero-order valence-corrected chi connectivity index (χ0v) is 15.7. The Morgan fingerprint density at radius 3 is 2.26 bits per heavy atom. The first-order chi connectivity index (χ1) is 12.6. The molecule has 1 aromatic carbocycles. The van der Waals surface area contributed by atoms with Crippen LogP contribution in [0.5, 0.6) is 5.75 Å². The number of aliphatic hydroxyl groups is 1. The fourth-order valence-corrected chi connectivity index (χ4v) is 4.05. The number of anilines is 1. The number of halogens is 3. The van der Waals surface area contributed by atoms with E-state index in [1.807, 2.05) is 6.92 Å². The molecule has 0 bridgehead atoms. The van der Waals surface area contributed by atoms with Crippen LogP contribution in [0.1, 0.15) is 52.4 Å². The van der Waals surface area contributed by atoms with Crippen LogP contribution in [0, 0.1) is 5.41 Å². The van der Waals surface area contributed by atoms with E-state index in [4.69, 9.17) is 4.74 Å². The van der Waals surface area contributed by atoms with Gasteiger partial charge >= 0.3 is 6.18 Å². The van der Waals surface area contributed by atoms with Gasteiger partial charge in [0.15, 0.2) is 6.10 Å². The van der Waals surface area contributed by atoms with E-state index in [1.54, 1.807) is 17.0 Å². The van der Waals surface area contributed by atoms with Crippen LogP contribution < -0.4 is 9.64 Å². The summed E-state index contributed by atoms with van der Waals surface area (Å²) in [5.74, 6) is 0.175. The maximum Gasteiger partial charge on any atom is 0.425 e. The maximum atomic E-state index is 13.0. The van der Waals surface area contributed by atoms with E-state index >= 15 is 0 Å². The van der Waals surface area contributed by atoms with Gasteiger partial charge in [-0.15, -0.1) is 0 Å². The average Bonchev–Trinajstić information content (AvgIpc) is 2.94. The zero-order chi connectivity index (χ0) is 19.9. The maximum absolute atomic E-state index is 13.0. The Morgan fingerprint density at radius 2 is 1.74 bits per heavy atom. The number of benzene rings is 1. The Morgan fingerprint density at radius 1 is 1.15 bits per heavy atom. The third-order valence-electron chi connectivity index (χ3n) is 6.23. The summed E-state index contributed by atoms with van der Waals surface area (Å²) in [5.41, 5.74) is -0.408. The van der Waals surface area contributed by atoms with Gasteiger partial charge in [0.2, 0.25) is 5.91 Å². The number of alkyl halides is 3. The van der Waals surface area contributed by atoms with Crippen LogP contribution in [-0.4, -0.2) is 35.4 Å². The molecule has 1 spiro atoms. The summed E-state index contributed by atoms with van der Waals surface area (Å²) in [4.78, 5) is 14.7. The van der Waals surface area contributed by atoms with Crippen molar-refractivity contribution in [3.8, 4) is 5.75 Å². The Bertz CT molecular complexity index is 679. The molecule has 2 aliphatic rings. The standard InChI is InChI=1S/C20H26F3NO3/c1-3-19(26)10-8-18(9-11-19)12-13-24(17(18)25)15-4-6-16(7-5-15)27-14(2)20(21,22)23/h4-7,14,26H,3,8-13H2,1-2H3/t14-,18?,19?/m0/s1. The quantitative estimate of drug-likeness (QED) is 0.833. The number of hydrogen-bond acceptors (Lipinski definition) is 3. The summed E-state index contributed by atoms with van der Waals surface area (Å²) in [6, 6.07) is 6.18. The molecule has 1 saturated carbocycles. The number of carbonyl (C=O) groups is 1. The highest BCUT2D eigenvalue weighted by Crippen LogP contribution is 2.49. The van der Waals surface area contributed by atoms with Gasteiger partial charge in [-0.25, -0.2) is 0 Å². The fraction of sp³-hybridized carbons (Fsp3) is 0.650. The minimum Gasteiger partial charge on any atom is -0.481 e. The molecule has 1 heterocycles. The van der Waals surface area contributed by atoms with Crippen molar-refractivity contribution in [3.63, 3.8) is 0 Å². The lowest BCUT2D eigenvalue weighted by atomic mass is 9.67. The zero-order valence-electron chi connectivity index (χ0n) is 15.7. The third-order valence-corrected chi connectivity index (χ3v) is 6.23. The van der Waals surface area contributed by atoms with Crippen LogP contribution in [0.4, 0.5) is 18.9 Å². The van der Waals surface area contributed by atoms with Crippen LogP contribution in [0.15, 0.2) is 24.3 Å². The number of hydrogen-bond donors (Lipinski definition) is 1. The molecule has 0 radical (unpaired) electrons. The summed E-state index contributed by atoms with van der Waals surface area (Å²) in [6.45, 7) is 3.51. The Labute approximate surface area is 157 Å². The second kappa shape index (κ2) is 7.00. The molecule has 1 aromatic rings. The molecule has 3 rings (SSSR count). The molecule has 0 unspecified atom stereocenters. The lowest BCUT2D eigenvalue weighted by molar-refractivity contribution is -0.189. The monoisotopic (exact) mass is 385 g/mol. The molecule has 1 amide bonds. The second-order valence-electron chi connectivity index (χ2n) is 7.86. The molecule has 27 heavy (non-hydrogen) atoms. The highest BCUT2D eigenvalue weighted by atomic mass is 19.4. The lowest BCUT2D eigenvalue weighted by Crippen LogP contribution is -2.43. The van der Waals surface area contributed by atoms with Gasteiger partial charge in [-0.3, -0.25) is 4.79 Å². The summed E-state index contributed by atoms with van der Waals surface area (Å²) in [6.07, 6.45) is -2.25. The summed E-state index contributed by atoms with van der Waals surface area (Å²) in [7, 11) is 0. The van der Waals surface area contributed by atoms with Crippen LogP contribution in [-0.2, 0) is 4.79 Å². The normalized spacial score (nSPS) is 30.0. The molecule has 1 saturated heterocycles. The second-order valence-corrected chi connectivity index (χ2v) is 7.86. The Balaban J connectivity index is 1.67. The highest BCUT2D eigenvalue weighted by Gasteiger charge is 2.51. The first-order valence-corrected chi connectivity index (χ1v) is 9.46. The van der Waals surface area contributed by atoms with Gasteiger partial charge in [0.1, 0.15) is 5.75 Å². The van der Waals surface area contributed by atoms with Crippen molar-refractivity contribution in [2.45, 2.75) is 70.3 Å². The summed E-state index contributed by atoms with van der Waals surface area (Å²) < 4.78 is 42.7. The van der Waals surface area contributed by atoms with Gasteiger partial charge in [-0.05, 0) is 69.7 Å². The lowest BCUT2D eigenvalue weighted by Gasteiger charge is -2.40.